The van der Waals surface area contributed by atoms with Gasteiger partial charge in [-0.15, -0.1) is 24.5 Å². The first-order valence-corrected chi connectivity index (χ1v) is 10.5. The molecule has 0 aliphatic rings. The van der Waals surface area contributed by atoms with Crippen molar-refractivity contribution in [2.45, 2.75) is 23.9 Å². The summed E-state index contributed by atoms with van der Waals surface area (Å²) in [7, 11) is 0. The topological polar surface area (TPSA) is 64.0 Å². The summed E-state index contributed by atoms with van der Waals surface area (Å²) in [6.45, 7) is 9.87. The van der Waals surface area contributed by atoms with Gasteiger partial charge in [0, 0.05) is 18.0 Å². The SMILES string of the molecule is C=CCNC(=O)[C@H](C)Sc1nc2cc(-c3ccccc3)sc2c(=O)n1CC=C. The number of thioether (sulfide) groups is 1. The number of hydrogen-bond acceptors (Lipinski definition) is 5. The largest absolute Gasteiger partial charge is 0.352 e. The molecule has 1 N–H and O–H groups in total. The van der Waals surface area contributed by atoms with E-state index in [4.69, 9.17) is 4.98 Å². The molecular weight excluding hydrogens is 390 g/mol. The van der Waals surface area contributed by atoms with Crippen LogP contribution >= 0.6 is 23.1 Å². The van der Waals surface area contributed by atoms with Gasteiger partial charge in [0.2, 0.25) is 5.91 Å². The van der Waals surface area contributed by atoms with Crippen molar-refractivity contribution < 1.29 is 4.79 Å². The summed E-state index contributed by atoms with van der Waals surface area (Å²) in [6, 6.07) is 11.8. The van der Waals surface area contributed by atoms with Crippen molar-refractivity contribution in [2.24, 2.45) is 0 Å². The highest BCUT2D eigenvalue weighted by atomic mass is 32.2. The Hall–Kier alpha value is -2.64. The molecule has 0 spiro atoms. The third-order valence-corrected chi connectivity index (χ3v) is 6.29. The molecule has 0 fully saturated rings. The number of allylic oxidation sites excluding steroid dienone is 1. The standard InChI is InChI=1S/C21H21N3O2S2/c1-4-11-22-19(25)14(3)27-21-23-16-13-17(15-9-7-6-8-10-15)28-18(16)20(26)24(21)12-5-2/h4-10,13-14H,1-2,11-12H2,3H3,(H,22,25)/t14-/m0/s1. The van der Waals surface area contributed by atoms with Crippen LogP contribution in [0.1, 0.15) is 6.92 Å². The van der Waals surface area contributed by atoms with Gasteiger partial charge in [-0.2, -0.15) is 0 Å². The number of nitrogens with zero attached hydrogens (tertiary/aromatic N) is 2. The Morgan fingerprint density at radius 1 is 1.32 bits per heavy atom. The summed E-state index contributed by atoms with van der Waals surface area (Å²) in [4.78, 5) is 30.9. The van der Waals surface area contributed by atoms with Crippen molar-refractivity contribution in [3.8, 4) is 10.4 Å². The van der Waals surface area contributed by atoms with E-state index in [9.17, 15) is 9.59 Å². The van der Waals surface area contributed by atoms with Crippen LogP contribution in [0, 0.1) is 0 Å². The smallest absolute Gasteiger partial charge is 0.272 e. The first kappa shape index (κ1) is 20.1. The minimum Gasteiger partial charge on any atom is -0.352 e. The molecule has 1 amide bonds. The van der Waals surface area contributed by atoms with Crippen LogP contribution in [0.15, 0.2) is 71.7 Å². The minimum atomic E-state index is -0.396. The predicted octanol–water partition coefficient (Wildman–Crippen LogP) is 4.09. The van der Waals surface area contributed by atoms with Gasteiger partial charge in [0.25, 0.3) is 5.56 Å². The van der Waals surface area contributed by atoms with E-state index in [1.165, 1.54) is 23.1 Å². The number of carbonyl (C=O) groups excluding carboxylic acids is 1. The molecule has 144 valence electrons. The van der Waals surface area contributed by atoms with Gasteiger partial charge in [-0.25, -0.2) is 4.98 Å². The van der Waals surface area contributed by atoms with Crippen molar-refractivity contribution in [3.63, 3.8) is 0 Å². The highest BCUT2D eigenvalue weighted by Gasteiger charge is 2.20. The van der Waals surface area contributed by atoms with Crippen molar-refractivity contribution in [1.29, 1.82) is 0 Å². The second-order valence-corrected chi connectivity index (χ2v) is 8.44. The van der Waals surface area contributed by atoms with Crippen molar-refractivity contribution in [1.82, 2.24) is 14.9 Å². The lowest BCUT2D eigenvalue weighted by Crippen LogP contribution is -2.32. The van der Waals surface area contributed by atoms with Gasteiger partial charge in [0.15, 0.2) is 5.16 Å². The van der Waals surface area contributed by atoms with E-state index in [-0.39, 0.29) is 11.5 Å². The van der Waals surface area contributed by atoms with Crippen LogP contribution < -0.4 is 10.9 Å². The van der Waals surface area contributed by atoms with Crippen LogP contribution in [0.25, 0.3) is 20.7 Å². The highest BCUT2D eigenvalue weighted by molar-refractivity contribution is 8.00. The molecule has 0 aliphatic carbocycles. The monoisotopic (exact) mass is 411 g/mol. The zero-order valence-electron chi connectivity index (χ0n) is 15.6. The van der Waals surface area contributed by atoms with E-state index in [0.29, 0.717) is 28.5 Å². The number of aromatic nitrogens is 2. The number of rotatable bonds is 8. The quantitative estimate of drug-likeness (QED) is 0.344. The van der Waals surface area contributed by atoms with E-state index in [2.05, 4.69) is 18.5 Å². The summed E-state index contributed by atoms with van der Waals surface area (Å²) in [5.74, 6) is -0.125. The zero-order valence-corrected chi connectivity index (χ0v) is 17.2. The number of fused-ring (bicyclic) bond motifs is 1. The molecule has 2 heterocycles. The molecule has 3 aromatic rings. The molecule has 0 saturated carbocycles. The average molecular weight is 412 g/mol. The van der Waals surface area contributed by atoms with Gasteiger partial charge < -0.3 is 5.32 Å². The highest BCUT2D eigenvalue weighted by Crippen LogP contribution is 2.32. The molecule has 1 aromatic carbocycles. The van der Waals surface area contributed by atoms with Gasteiger partial charge in [-0.3, -0.25) is 14.2 Å². The molecule has 0 unspecified atom stereocenters. The molecule has 0 radical (unpaired) electrons. The minimum absolute atomic E-state index is 0.113. The molecule has 0 aliphatic heterocycles. The lowest BCUT2D eigenvalue weighted by atomic mass is 10.2. The second-order valence-electron chi connectivity index (χ2n) is 6.08. The fourth-order valence-electron chi connectivity index (χ4n) is 2.64. The first-order chi connectivity index (χ1) is 13.5. The third-order valence-electron chi connectivity index (χ3n) is 4.04. The maximum atomic E-state index is 13.1. The Bertz CT molecular complexity index is 1070. The lowest BCUT2D eigenvalue weighted by Gasteiger charge is -2.14. The predicted molar refractivity (Wildman–Crippen MR) is 118 cm³/mol. The molecule has 1 atom stereocenters. The normalized spacial score (nSPS) is 11.9. The Morgan fingerprint density at radius 3 is 2.75 bits per heavy atom. The first-order valence-electron chi connectivity index (χ1n) is 8.81. The number of nitrogens with one attached hydrogen (secondary N) is 1. The van der Waals surface area contributed by atoms with Crippen molar-refractivity contribution in [2.75, 3.05) is 6.54 Å². The molecule has 7 heteroatoms. The maximum absolute atomic E-state index is 13.1. The number of thiophene rings is 1. The second kappa shape index (κ2) is 9.03. The van der Waals surface area contributed by atoms with Gasteiger partial charge in [-0.05, 0) is 18.6 Å². The van der Waals surface area contributed by atoms with Crippen molar-refractivity contribution >= 4 is 39.2 Å². The molecule has 0 saturated heterocycles. The summed E-state index contributed by atoms with van der Waals surface area (Å²) in [6.07, 6.45) is 3.29. The van der Waals surface area contributed by atoms with Gasteiger partial charge in [0.1, 0.15) is 4.70 Å². The number of carbonyl (C=O) groups is 1. The number of amides is 1. The fraction of sp³-hybridized carbons (Fsp3) is 0.190. The van der Waals surface area contributed by atoms with Gasteiger partial charge in [-0.1, -0.05) is 54.2 Å². The third kappa shape index (κ3) is 4.26. The molecule has 5 nitrogen and oxygen atoms in total. The van der Waals surface area contributed by atoms with E-state index < -0.39 is 5.25 Å². The van der Waals surface area contributed by atoms with Crippen LogP contribution in [-0.2, 0) is 11.3 Å². The molecule has 28 heavy (non-hydrogen) atoms. The van der Waals surface area contributed by atoms with E-state index in [1.807, 2.05) is 36.4 Å². The van der Waals surface area contributed by atoms with Crippen LogP contribution in [0.2, 0.25) is 0 Å². The molecular formula is C21H21N3O2S2. The Labute approximate surface area is 171 Å². The van der Waals surface area contributed by atoms with Crippen molar-refractivity contribution in [3.05, 3.63) is 72.1 Å². The molecule has 0 bridgehead atoms. The van der Waals surface area contributed by atoms with Crippen LogP contribution in [0.4, 0.5) is 0 Å². The van der Waals surface area contributed by atoms with Crippen LogP contribution in [0.5, 0.6) is 0 Å². The maximum Gasteiger partial charge on any atom is 0.272 e. The summed E-state index contributed by atoms with van der Waals surface area (Å²) < 4.78 is 2.18. The van der Waals surface area contributed by atoms with E-state index in [1.54, 1.807) is 23.6 Å². The average Bonchev–Trinajstić information content (AvgIpc) is 3.14. The Kier molecular flexibility index (Phi) is 6.49. The van der Waals surface area contributed by atoms with Crippen LogP contribution in [0.3, 0.4) is 0 Å². The Balaban J connectivity index is 2.02. The fourth-order valence-corrected chi connectivity index (χ4v) is 4.64. The van der Waals surface area contributed by atoms with E-state index >= 15 is 0 Å². The summed E-state index contributed by atoms with van der Waals surface area (Å²) in [5.41, 5.74) is 1.58. The summed E-state index contributed by atoms with van der Waals surface area (Å²) >= 11 is 2.70. The molecule has 3 rings (SSSR count). The molecule has 2 aromatic heterocycles. The number of hydrogen-bond donors (Lipinski definition) is 1. The van der Waals surface area contributed by atoms with Gasteiger partial charge >= 0.3 is 0 Å². The Morgan fingerprint density at radius 2 is 2.07 bits per heavy atom. The van der Waals surface area contributed by atoms with Crippen LogP contribution in [-0.4, -0.2) is 27.3 Å². The zero-order chi connectivity index (χ0) is 20.1. The lowest BCUT2D eigenvalue weighted by molar-refractivity contribution is -0.120. The summed E-state index contributed by atoms with van der Waals surface area (Å²) in [5, 5.41) is 2.88. The van der Waals surface area contributed by atoms with Gasteiger partial charge in [0.05, 0.1) is 10.8 Å². The van der Waals surface area contributed by atoms with E-state index in [0.717, 1.165) is 10.4 Å². The number of benzene rings is 1.